The maximum atomic E-state index is 10.1. The number of carbonyl (C=O) groups is 1. The van der Waals surface area contributed by atoms with Crippen LogP contribution >= 0.6 is 0 Å². The van der Waals surface area contributed by atoms with E-state index in [0.29, 0.717) is 6.61 Å². The molecule has 0 heterocycles. The summed E-state index contributed by atoms with van der Waals surface area (Å²) in [6.07, 6.45) is 2.62. The highest BCUT2D eigenvalue weighted by Crippen LogP contribution is 2.09. The van der Waals surface area contributed by atoms with Crippen molar-refractivity contribution in [3.8, 4) is 0 Å². The Hall–Kier alpha value is -0.830. The Morgan fingerprint density at radius 3 is 2.55 bits per heavy atom. The van der Waals surface area contributed by atoms with Crippen LogP contribution in [0.25, 0.3) is 0 Å². The molecule has 0 atom stereocenters. The second kappa shape index (κ2) is 4.13. The molecule has 0 radical (unpaired) electrons. The summed E-state index contributed by atoms with van der Waals surface area (Å²) in [6, 6.07) is 0. The van der Waals surface area contributed by atoms with E-state index in [9.17, 15) is 4.79 Å². The van der Waals surface area contributed by atoms with E-state index in [1.165, 1.54) is 6.08 Å². The van der Waals surface area contributed by atoms with Crippen molar-refractivity contribution in [3.63, 3.8) is 0 Å². The summed E-state index contributed by atoms with van der Waals surface area (Å²) < 4.78 is 5.23. The molecular weight excluding hydrogens is 144 g/mol. The van der Waals surface area contributed by atoms with Gasteiger partial charge >= 0.3 is 5.97 Å². The van der Waals surface area contributed by atoms with Gasteiger partial charge in [-0.25, -0.2) is 4.79 Å². The van der Waals surface area contributed by atoms with Crippen LogP contribution in [-0.4, -0.2) is 23.3 Å². The number of carboxylic acids is 1. The zero-order chi connectivity index (χ0) is 8.91. The molecule has 64 valence electrons. The molecule has 0 saturated carbocycles. The molecule has 3 heteroatoms. The molecule has 0 aromatic heterocycles. The predicted molar refractivity (Wildman–Crippen MR) is 42.5 cm³/mol. The summed E-state index contributed by atoms with van der Waals surface area (Å²) in [7, 11) is 0. The molecule has 0 saturated heterocycles. The highest BCUT2D eigenvalue weighted by atomic mass is 16.5. The van der Waals surface area contributed by atoms with E-state index >= 15 is 0 Å². The Morgan fingerprint density at radius 1 is 1.64 bits per heavy atom. The first-order valence-electron chi connectivity index (χ1n) is 3.54. The molecule has 0 bridgehead atoms. The Kier molecular flexibility index (Phi) is 3.82. The van der Waals surface area contributed by atoms with E-state index in [0.717, 1.165) is 6.08 Å². The monoisotopic (exact) mass is 158 g/mol. The molecule has 0 aliphatic rings. The van der Waals surface area contributed by atoms with Gasteiger partial charge in [0.15, 0.2) is 0 Å². The second-order valence-corrected chi connectivity index (χ2v) is 2.71. The summed E-state index contributed by atoms with van der Waals surface area (Å²) in [6.45, 7) is 6.08. The minimum Gasteiger partial charge on any atom is -0.478 e. The first-order valence-corrected chi connectivity index (χ1v) is 3.54. The van der Waals surface area contributed by atoms with Gasteiger partial charge in [0, 0.05) is 12.7 Å². The Labute approximate surface area is 66.7 Å². The van der Waals surface area contributed by atoms with Gasteiger partial charge < -0.3 is 9.84 Å². The fraction of sp³-hybridized carbons (Fsp3) is 0.625. The number of ether oxygens (including phenoxy) is 1. The molecule has 0 aliphatic carbocycles. The summed E-state index contributed by atoms with van der Waals surface area (Å²) >= 11 is 0. The van der Waals surface area contributed by atoms with Crippen molar-refractivity contribution in [1.29, 1.82) is 0 Å². The normalized spacial score (nSPS) is 12.3. The summed E-state index contributed by atoms with van der Waals surface area (Å²) in [5.74, 6) is -0.947. The molecule has 0 amide bonds. The van der Waals surface area contributed by atoms with Crippen LogP contribution in [0.2, 0.25) is 0 Å². The van der Waals surface area contributed by atoms with E-state index in [4.69, 9.17) is 9.84 Å². The molecule has 11 heavy (non-hydrogen) atoms. The van der Waals surface area contributed by atoms with E-state index in [1.54, 1.807) is 0 Å². The Balaban J connectivity index is 3.99. The lowest BCUT2D eigenvalue weighted by Gasteiger charge is -2.19. The van der Waals surface area contributed by atoms with Crippen LogP contribution < -0.4 is 0 Å². The van der Waals surface area contributed by atoms with Crippen LogP contribution in [0.4, 0.5) is 0 Å². The molecule has 1 N–H and O–H groups in total. The van der Waals surface area contributed by atoms with Crippen LogP contribution in [-0.2, 0) is 9.53 Å². The van der Waals surface area contributed by atoms with Crippen LogP contribution in [0.5, 0.6) is 0 Å². The van der Waals surface area contributed by atoms with Gasteiger partial charge in [-0.2, -0.15) is 0 Å². The Bertz CT molecular complexity index is 159. The zero-order valence-corrected chi connectivity index (χ0v) is 7.13. The third-order valence-electron chi connectivity index (χ3n) is 1.14. The molecule has 3 nitrogen and oxygen atoms in total. The average molecular weight is 158 g/mol. The number of aliphatic carboxylic acids is 1. The highest BCUT2D eigenvalue weighted by molar-refractivity contribution is 5.79. The first kappa shape index (κ1) is 10.2. The minimum absolute atomic E-state index is 0.479. The molecular formula is C8H14O3. The maximum absolute atomic E-state index is 10.1. The quantitative estimate of drug-likeness (QED) is 0.630. The van der Waals surface area contributed by atoms with Gasteiger partial charge in [-0.3, -0.25) is 0 Å². The van der Waals surface area contributed by atoms with Crippen molar-refractivity contribution < 1.29 is 14.6 Å². The second-order valence-electron chi connectivity index (χ2n) is 2.71. The molecule has 0 aromatic rings. The maximum Gasteiger partial charge on any atom is 0.328 e. The van der Waals surface area contributed by atoms with Crippen LogP contribution in [0.3, 0.4) is 0 Å². The van der Waals surface area contributed by atoms with Gasteiger partial charge in [-0.1, -0.05) is 0 Å². The SMILES string of the molecule is CCOC(C)(C)C=CC(=O)O. The molecule has 0 aliphatic heterocycles. The predicted octanol–water partition coefficient (Wildman–Crippen LogP) is 1.44. The van der Waals surface area contributed by atoms with E-state index in [-0.39, 0.29) is 0 Å². The third-order valence-corrected chi connectivity index (χ3v) is 1.14. The van der Waals surface area contributed by atoms with E-state index in [1.807, 2.05) is 20.8 Å². The van der Waals surface area contributed by atoms with Crippen LogP contribution in [0.1, 0.15) is 20.8 Å². The lowest BCUT2D eigenvalue weighted by molar-refractivity contribution is -0.131. The molecule has 0 fully saturated rings. The lowest BCUT2D eigenvalue weighted by atomic mass is 10.1. The van der Waals surface area contributed by atoms with E-state index in [2.05, 4.69) is 0 Å². The number of carboxylic acid groups (broad SMARTS) is 1. The number of rotatable bonds is 4. The first-order chi connectivity index (χ1) is 4.98. The average Bonchev–Trinajstić information content (AvgIpc) is 1.84. The van der Waals surface area contributed by atoms with Gasteiger partial charge in [0.25, 0.3) is 0 Å². The van der Waals surface area contributed by atoms with Gasteiger partial charge in [-0.15, -0.1) is 0 Å². The molecule has 0 unspecified atom stereocenters. The van der Waals surface area contributed by atoms with Crippen molar-refractivity contribution in [2.75, 3.05) is 6.61 Å². The van der Waals surface area contributed by atoms with Gasteiger partial charge in [-0.05, 0) is 26.8 Å². The Morgan fingerprint density at radius 2 is 2.18 bits per heavy atom. The molecule has 0 aromatic carbocycles. The molecule has 0 spiro atoms. The largest absolute Gasteiger partial charge is 0.478 e. The van der Waals surface area contributed by atoms with Gasteiger partial charge in [0.05, 0.1) is 5.60 Å². The van der Waals surface area contributed by atoms with Crippen molar-refractivity contribution in [3.05, 3.63) is 12.2 Å². The van der Waals surface area contributed by atoms with E-state index < -0.39 is 11.6 Å². The smallest absolute Gasteiger partial charge is 0.328 e. The topological polar surface area (TPSA) is 46.5 Å². The summed E-state index contributed by atoms with van der Waals surface area (Å²) in [4.78, 5) is 10.1. The van der Waals surface area contributed by atoms with Crippen LogP contribution in [0, 0.1) is 0 Å². The third kappa shape index (κ3) is 5.61. The summed E-state index contributed by atoms with van der Waals surface area (Å²) in [5, 5.41) is 8.30. The fourth-order valence-electron chi connectivity index (χ4n) is 0.692. The van der Waals surface area contributed by atoms with Crippen LogP contribution in [0.15, 0.2) is 12.2 Å². The van der Waals surface area contributed by atoms with Gasteiger partial charge in [0.2, 0.25) is 0 Å². The summed E-state index contributed by atoms with van der Waals surface area (Å²) in [5.41, 5.74) is -0.479. The standard InChI is InChI=1S/C8H14O3/c1-4-11-8(2,3)6-5-7(9)10/h5-6H,4H2,1-3H3,(H,9,10). The minimum atomic E-state index is -0.947. The van der Waals surface area contributed by atoms with Crippen molar-refractivity contribution in [2.24, 2.45) is 0 Å². The molecule has 0 rings (SSSR count). The fourth-order valence-corrected chi connectivity index (χ4v) is 0.692. The van der Waals surface area contributed by atoms with Crippen molar-refractivity contribution in [1.82, 2.24) is 0 Å². The van der Waals surface area contributed by atoms with Crippen molar-refractivity contribution >= 4 is 5.97 Å². The highest BCUT2D eigenvalue weighted by Gasteiger charge is 2.12. The number of hydrogen-bond donors (Lipinski definition) is 1. The lowest BCUT2D eigenvalue weighted by Crippen LogP contribution is -2.21. The number of hydrogen-bond acceptors (Lipinski definition) is 2. The van der Waals surface area contributed by atoms with Crippen molar-refractivity contribution in [2.45, 2.75) is 26.4 Å². The zero-order valence-electron chi connectivity index (χ0n) is 7.13. The van der Waals surface area contributed by atoms with Gasteiger partial charge in [0.1, 0.15) is 0 Å².